The van der Waals surface area contributed by atoms with Gasteiger partial charge in [0.05, 0.1) is 12.7 Å². The quantitative estimate of drug-likeness (QED) is 0.817. The van der Waals surface area contributed by atoms with Crippen LogP contribution in [0.3, 0.4) is 0 Å². The van der Waals surface area contributed by atoms with Gasteiger partial charge in [0.15, 0.2) is 12.0 Å². The number of aliphatic hydroxyl groups is 1. The second kappa shape index (κ2) is 5.31. The number of nitrogen functional groups attached to an aromatic ring is 1. The van der Waals surface area contributed by atoms with Crippen LogP contribution in [0.5, 0.6) is 0 Å². The Morgan fingerprint density at radius 3 is 2.73 bits per heavy atom. The summed E-state index contributed by atoms with van der Waals surface area (Å²) in [6.45, 7) is 5.35. The second-order valence-electron chi connectivity index (χ2n) is 6.04. The molecule has 3 N–H and O–H groups in total. The Hall–Kier alpha value is -1.48. The lowest BCUT2D eigenvalue weighted by molar-refractivity contribution is -0.197. The first kappa shape index (κ1) is 15.4. The highest BCUT2D eigenvalue weighted by atomic mass is 16.8. The van der Waals surface area contributed by atoms with Crippen LogP contribution in [0.25, 0.3) is 0 Å². The summed E-state index contributed by atoms with van der Waals surface area (Å²) < 4.78 is 19.0. The molecule has 0 bridgehead atoms. The number of ether oxygens (including phenoxy) is 3. The molecule has 22 heavy (non-hydrogen) atoms. The summed E-state index contributed by atoms with van der Waals surface area (Å²) in [5.41, 5.74) is 5.46. The number of aromatic nitrogens is 2. The molecule has 3 rings (SSSR count). The molecule has 0 aliphatic carbocycles. The van der Waals surface area contributed by atoms with Crippen molar-refractivity contribution in [3.8, 4) is 0 Å². The number of aliphatic hydroxyl groups excluding tert-OH is 1. The molecule has 4 atom stereocenters. The molecular formula is C14H21N3O5. The minimum Gasteiger partial charge on any atom is -0.391 e. The fraction of sp³-hybridized carbons (Fsp3) is 0.714. The van der Waals surface area contributed by atoms with E-state index in [-0.39, 0.29) is 24.6 Å². The van der Waals surface area contributed by atoms with Gasteiger partial charge in [-0.1, -0.05) is 6.92 Å². The standard InChI is InChI=1S/C14H21N3O5/c1-4-8-9-10(22-14(2,3)21-9)12(20-8)17-5-7(6-18)11(15)16-13(17)19/h5,8-10,12,18H,4,6H2,1-3H3,(H2,15,16,19)/t8-,9+,10?,12-/m1/s1. The Balaban J connectivity index is 2.00. The second-order valence-corrected chi connectivity index (χ2v) is 6.04. The smallest absolute Gasteiger partial charge is 0.351 e. The average Bonchev–Trinajstić information content (AvgIpc) is 2.92. The number of hydrogen-bond donors (Lipinski definition) is 2. The summed E-state index contributed by atoms with van der Waals surface area (Å²) in [5, 5.41) is 9.31. The largest absolute Gasteiger partial charge is 0.391 e. The molecule has 0 aromatic carbocycles. The van der Waals surface area contributed by atoms with E-state index in [9.17, 15) is 9.90 Å². The predicted molar refractivity (Wildman–Crippen MR) is 76.9 cm³/mol. The van der Waals surface area contributed by atoms with Crippen molar-refractivity contribution in [2.45, 2.75) is 64.1 Å². The first-order chi connectivity index (χ1) is 10.4. The highest BCUT2D eigenvalue weighted by molar-refractivity contribution is 5.36. The molecular weight excluding hydrogens is 290 g/mol. The SMILES string of the molecule is CC[C@H]1O[C@@H](n2cc(CO)c(N)nc2=O)C2OC(C)(C)O[C@H]21. The van der Waals surface area contributed by atoms with Crippen LogP contribution in [-0.2, 0) is 20.8 Å². The van der Waals surface area contributed by atoms with Crippen LogP contribution in [0.1, 0.15) is 39.0 Å². The lowest BCUT2D eigenvalue weighted by Gasteiger charge is -2.24. The van der Waals surface area contributed by atoms with E-state index in [1.807, 2.05) is 20.8 Å². The van der Waals surface area contributed by atoms with Crippen LogP contribution in [0.15, 0.2) is 11.0 Å². The third kappa shape index (κ3) is 2.41. The van der Waals surface area contributed by atoms with Gasteiger partial charge in [0, 0.05) is 11.8 Å². The maximum absolute atomic E-state index is 12.2. The minimum absolute atomic E-state index is 0.0225. The molecule has 0 radical (unpaired) electrons. The number of hydrogen-bond acceptors (Lipinski definition) is 7. The van der Waals surface area contributed by atoms with Crippen molar-refractivity contribution in [3.63, 3.8) is 0 Å². The number of anilines is 1. The van der Waals surface area contributed by atoms with Crippen molar-refractivity contribution in [3.05, 3.63) is 22.2 Å². The van der Waals surface area contributed by atoms with E-state index < -0.39 is 23.8 Å². The van der Waals surface area contributed by atoms with Crippen LogP contribution in [-0.4, -0.2) is 38.8 Å². The molecule has 122 valence electrons. The Labute approximate surface area is 127 Å². The lowest BCUT2D eigenvalue weighted by atomic mass is 10.1. The lowest BCUT2D eigenvalue weighted by Crippen LogP contribution is -2.35. The number of nitrogens with zero attached hydrogens (tertiary/aromatic N) is 2. The summed E-state index contributed by atoms with van der Waals surface area (Å²) >= 11 is 0. The van der Waals surface area contributed by atoms with Gasteiger partial charge in [-0.3, -0.25) is 4.57 Å². The maximum atomic E-state index is 12.2. The van der Waals surface area contributed by atoms with Gasteiger partial charge >= 0.3 is 5.69 Å². The molecule has 0 spiro atoms. The third-order valence-electron chi connectivity index (χ3n) is 4.03. The topological polar surface area (TPSA) is 109 Å². The number of rotatable bonds is 3. The van der Waals surface area contributed by atoms with Crippen LogP contribution < -0.4 is 11.4 Å². The van der Waals surface area contributed by atoms with E-state index in [1.165, 1.54) is 10.8 Å². The number of fused-ring (bicyclic) bond motifs is 1. The van der Waals surface area contributed by atoms with Crippen molar-refractivity contribution < 1.29 is 19.3 Å². The van der Waals surface area contributed by atoms with Crippen molar-refractivity contribution in [1.29, 1.82) is 0 Å². The molecule has 1 unspecified atom stereocenters. The van der Waals surface area contributed by atoms with Gasteiger partial charge in [-0.25, -0.2) is 4.79 Å². The molecule has 2 aliphatic rings. The molecule has 2 fully saturated rings. The zero-order chi connectivity index (χ0) is 16.1. The van der Waals surface area contributed by atoms with Gasteiger partial charge < -0.3 is 25.1 Å². The monoisotopic (exact) mass is 311 g/mol. The van der Waals surface area contributed by atoms with Crippen LogP contribution in [0.2, 0.25) is 0 Å². The Kier molecular flexibility index (Phi) is 3.72. The van der Waals surface area contributed by atoms with Crippen molar-refractivity contribution >= 4 is 5.82 Å². The zero-order valence-electron chi connectivity index (χ0n) is 12.9. The predicted octanol–water partition coefficient (Wildman–Crippen LogP) is 0.145. The van der Waals surface area contributed by atoms with Crippen molar-refractivity contribution in [1.82, 2.24) is 9.55 Å². The molecule has 0 saturated carbocycles. The van der Waals surface area contributed by atoms with E-state index >= 15 is 0 Å². The van der Waals surface area contributed by atoms with E-state index in [0.717, 1.165) is 6.42 Å². The first-order valence-electron chi connectivity index (χ1n) is 7.35. The van der Waals surface area contributed by atoms with Crippen molar-refractivity contribution in [2.75, 3.05) is 5.73 Å². The average molecular weight is 311 g/mol. The van der Waals surface area contributed by atoms with Gasteiger partial charge in [-0.05, 0) is 20.3 Å². The molecule has 8 heteroatoms. The van der Waals surface area contributed by atoms with E-state index in [1.54, 1.807) is 0 Å². The third-order valence-corrected chi connectivity index (χ3v) is 4.03. The van der Waals surface area contributed by atoms with Crippen LogP contribution in [0.4, 0.5) is 5.82 Å². The Morgan fingerprint density at radius 2 is 2.09 bits per heavy atom. The summed E-state index contributed by atoms with van der Waals surface area (Å²) in [5.74, 6) is -0.704. The maximum Gasteiger partial charge on any atom is 0.351 e. The van der Waals surface area contributed by atoms with E-state index in [4.69, 9.17) is 19.9 Å². The van der Waals surface area contributed by atoms with Crippen molar-refractivity contribution in [2.24, 2.45) is 0 Å². The molecule has 1 aromatic heterocycles. The summed E-state index contributed by atoms with van der Waals surface area (Å²) in [6.07, 6.45) is 0.739. The fourth-order valence-electron chi connectivity index (χ4n) is 3.04. The van der Waals surface area contributed by atoms with Gasteiger partial charge in [0.25, 0.3) is 0 Å². The molecule has 1 aromatic rings. The van der Waals surface area contributed by atoms with Crippen LogP contribution >= 0.6 is 0 Å². The molecule has 0 amide bonds. The fourth-order valence-corrected chi connectivity index (χ4v) is 3.04. The molecule has 3 heterocycles. The first-order valence-corrected chi connectivity index (χ1v) is 7.35. The zero-order valence-corrected chi connectivity index (χ0v) is 12.9. The summed E-state index contributed by atoms with van der Waals surface area (Å²) in [4.78, 5) is 15.9. The van der Waals surface area contributed by atoms with Gasteiger partial charge in [0.1, 0.15) is 18.0 Å². The van der Waals surface area contributed by atoms with Gasteiger partial charge in [-0.15, -0.1) is 0 Å². The number of nitrogens with two attached hydrogens (primary N) is 1. The summed E-state index contributed by atoms with van der Waals surface area (Å²) in [6, 6.07) is 0. The Bertz CT molecular complexity index is 629. The summed E-state index contributed by atoms with van der Waals surface area (Å²) in [7, 11) is 0. The molecule has 2 aliphatic heterocycles. The highest BCUT2D eigenvalue weighted by Gasteiger charge is 2.55. The van der Waals surface area contributed by atoms with Gasteiger partial charge in [-0.2, -0.15) is 4.98 Å². The van der Waals surface area contributed by atoms with Crippen LogP contribution in [0, 0.1) is 0 Å². The normalized spacial score (nSPS) is 33.1. The Morgan fingerprint density at radius 1 is 1.41 bits per heavy atom. The minimum atomic E-state index is -0.727. The van der Waals surface area contributed by atoms with Gasteiger partial charge in [0.2, 0.25) is 0 Å². The van der Waals surface area contributed by atoms with E-state index in [0.29, 0.717) is 5.56 Å². The molecule has 8 nitrogen and oxygen atoms in total. The highest BCUT2D eigenvalue weighted by Crippen LogP contribution is 2.43. The van der Waals surface area contributed by atoms with E-state index in [2.05, 4.69) is 4.98 Å². The molecule has 2 saturated heterocycles.